The maximum absolute atomic E-state index is 6.38. The van der Waals surface area contributed by atoms with Crippen molar-refractivity contribution in [3.63, 3.8) is 0 Å². The van der Waals surface area contributed by atoms with Gasteiger partial charge in [-0.15, -0.1) is 0 Å². The summed E-state index contributed by atoms with van der Waals surface area (Å²) in [5.74, 6) is 1.55. The highest BCUT2D eigenvalue weighted by atomic mass is 16.5. The van der Waals surface area contributed by atoms with Crippen molar-refractivity contribution in [2.75, 3.05) is 11.9 Å². The van der Waals surface area contributed by atoms with Crippen molar-refractivity contribution in [2.24, 2.45) is 0 Å². The second-order valence-electron chi connectivity index (χ2n) is 7.15. The zero-order chi connectivity index (χ0) is 18.4. The predicted molar refractivity (Wildman–Crippen MR) is 109 cm³/mol. The van der Waals surface area contributed by atoms with Gasteiger partial charge in [0.2, 0.25) is 0 Å². The molecular weight excluding hydrogens is 306 g/mol. The third kappa shape index (κ3) is 5.01. The fraction of sp³-hybridized carbons (Fsp3) is 0.478. The average Bonchev–Trinajstić information content (AvgIpc) is 2.59. The minimum Gasteiger partial charge on any atom is -0.488 e. The molecule has 2 aromatic rings. The van der Waals surface area contributed by atoms with Crippen molar-refractivity contribution in [1.82, 2.24) is 0 Å². The summed E-state index contributed by atoms with van der Waals surface area (Å²) in [6.45, 7) is 14.0. The molecule has 0 fully saturated rings. The molecule has 2 unspecified atom stereocenters. The Labute approximate surface area is 153 Å². The van der Waals surface area contributed by atoms with Crippen molar-refractivity contribution in [3.05, 3.63) is 58.7 Å². The summed E-state index contributed by atoms with van der Waals surface area (Å²) in [4.78, 5) is 0. The van der Waals surface area contributed by atoms with Crippen LogP contribution in [0.25, 0.3) is 0 Å². The maximum Gasteiger partial charge on any atom is 0.123 e. The zero-order valence-electron chi connectivity index (χ0n) is 16.6. The molecule has 136 valence electrons. The molecule has 0 radical (unpaired) electrons. The molecule has 2 nitrogen and oxygen atoms in total. The van der Waals surface area contributed by atoms with E-state index in [0.29, 0.717) is 5.92 Å². The molecule has 2 rings (SSSR count). The van der Waals surface area contributed by atoms with Gasteiger partial charge in [-0.1, -0.05) is 56.7 Å². The first-order valence-corrected chi connectivity index (χ1v) is 9.53. The number of nitrogens with one attached hydrogen (secondary N) is 1. The molecule has 1 N–H and O–H groups in total. The van der Waals surface area contributed by atoms with Gasteiger partial charge in [-0.05, 0) is 62.3 Å². The third-order valence-corrected chi connectivity index (χ3v) is 4.99. The number of ether oxygens (including phenoxy) is 1. The fourth-order valence-corrected chi connectivity index (χ4v) is 3.34. The Morgan fingerprint density at radius 2 is 1.60 bits per heavy atom. The number of para-hydroxylation sites is 1. The highest BCUT2D eigenvalue weighted by Gasteiger charge is 2.15. The standard InChI is InChI=1S/C23H33NO/c1-7-17(4)21-11-9-10-12-22(21)25-20(8-2)15-24-23-18(5)13-16(3)14-19(23)6/h9-14,17,20,24H,7-8,15H2,1-6H3. The second-order valence-corrected chi connectivity index (χ2v) is 7.15. The van der Waals surface area contributed by atoms with E-state index in [9.17, 15) is 0 Å². The lowest BCUT2D eigenvalue weighted by Crippen LogP contribution is -2.26. The minimum absolute atomic E-state index is 0.158. The van der Waals surface area contributed by atoms with Crippen LogP contribution in [-0.2, 0) is 0 Å². The Balaban J connectivity index is 2.10. The van der Waals surface area contributed by atoms with Crippen LogP contribution in [0.15, 0.2) is 36.4 Å². The molecule has 0 saturated heterocycles. The summed E-state index contributed by atoms with van der Waals surface area (Å²) in [5, 5.41) is 3.62. The largest absolute Gasteiger partial charge is 0.488 e. The van der Waals surface area contributed by atoms with E-state index in [4.69, 9.17) is 4.74 Å². The van der Waals surface area contributed by atoms with Crippen LogP contribution in [-0.4, -0.2) is 12.6 Å². The summed E-state index contributed by atoms with van der Waals surface area (Å²) >= 11 is 0. The molecule has 0 aromatic heterocycles. The van der Waals surface area contributed by atoms with E-state index >= 15 is 0 Å². The summed E-state index contributed by atoms with van der Waals surface area (Å²) in [6.07, 6.45) is 2.26. The Bertz CT molecular complexity index is 669. The van der Waals surface area contributed by atoms with E-state index in [0.717, 1.165) is 25.1 Å². The lowest BCUT2D eigenvalue weighted by Gasteiger charge is -2.23. The lowest BCUT2D eigenvalue weighted by atomic mass is 9.98. The monoisotopic (exact) mass is 339 g/mol. The van der Waals surface area contributed by atoms with E-state index in [-0.39, 0.29) is 6.10 Å². The normalized spacial score (nSPS) is 13.4. The molecule has 25 heavy (non-hydrogen) atoms. The van der Waals surface area contributed by atoms with Gasteiger partial charge >= 0.3 is 0 Å². The number of rotatable bonds is 8. The molecule has 0 spiro atoms. The van der Waals surface area contributed by atoms with Crippen LogP contribution < -0.4 is 10.1 Å². The van der Waals surface area contributed by atoms with Crippen molar-refractivity contribution in [3.8, 4) is 5.75 Å². The molecule has 2 heteroatoms. The Hall–Kier alpha value is -1.96. The molecule has 0 aliphatic heterocycles. The zero-order valence-corrected chi connectivity index (χ0v) is 16.6. The van der Waals surface area contributed by atoms with E-state index in [1.165, 1.54) is 27.9 Å². The quantitative estimate of drug-likeness (QED) is 0.601. The Morgan fingerprint density at radius 3 is 2.20 bits per heavy atom. The second kappa shape index (κ2) is 8.94. The highest BCUT2D eigenvalue weighted by molar-refractivity contribution is 5.58. The number of anilines is 1. The van der Waals surface area contributed by atoms with Gasteiger partial charge in [0.25, 0.3) is 0 Å². The molecular formula is C23H33NO. The van der Waals surface area contributed by atoms with E-state index in [1.54, 1.807) is 0 Å². The molecule has 0 aliphatic carbocycles. The van der Waals surface area contributed by atoms with Crippen LogP contribution >= 0.6 is 0 Å². The van der Waals surface area contributed by atoms with Crippen molar-refractivity contribution < 1.29 is 4.74 Å². The van der Waals surface area contributed by atoms with E-state index in [2.05, 4.69) is 83.3 Å². The average molecular weight is 340 g/mol. The summed E-state index contributed by atoms with van der Waals surface area (Å²) in [5.41, 5.74) is 6.46. The van der Waals surface area contributed by atoms with Crippen LogP contribution in [0.4, 0.5) is 5.69 Å². The number of hydrogen-bond donors (Lipinski definition) is 1. The SMILES string of the molecule is CCC(CNc1c(C)cc(C)cc1C)Oc1ccccc1C(C)CC. The van der Waals surface area contributed by atoms with Gasteiger partial charge in [0.05, 0.1) is 6.54 Å². The summed E-state index contributed by atoms with van der Waals surface area (Å²) in [6, 6.07) is 12.9. The Kier molecular flexibility index (Phi) is 6.92. The predicted octanol–water partition coefficient (Wildman–Crippen LogP) is 6.39. The number of hydrogen-bond acceptors (Lipinski definition) is 2. The topological polar surface area (TPSA) is 21.3 Å². The van der Waals surface area contributed by atoms with Gasteiger partial charge in [-0.2, -0.15) is 0 Å². The lowest BCUT2D eigenvalue weighted by molar-refractivity contribution is 0.207. The van der Waals surface area contributed by atoms with Crippen LogP contribution in [0, 0.1) is 20.8 Å². The van der Waals surface area contributed by atoms with Crippen molar-refractivity contribution in [2.45, 2.75) is 66.4 Å². The molecule has 0 heterocycles. The highest BCUT2D eigenvalue weighted by Crippen LogP contribution is 2.29. The van der Waals surface area contributed by atoms with E-state index in [1.807, 2.05) is 0 Å². The van der Waals surface area contributed by atoms with Crippen LogP contribution in [0.1, 0.15) is 61.8 Å². The molecule has 0 aliphatic rings. The first-order valence-electron chi connectivity index (χ1n) is 9.53. The summed E-state index contributed by atoms with van der Waals surface area (Å²) in [7, 11) is 0. The van der Waals surface area contributed by atoms with Gasteiger partial charge in [0.15, 0.2) is 0 Å². The fourth-order valence-electron chi connectivity index (χ4n) is 3.34. The van der Waals surface area contributed by atoms with Crippen LogP contribution in [0.2, 0.25) is 0 Å². The first-order chi connectivity index (χ1) is 12.0. The Morgan fingerprint density at radius 1 is 0.960 bits per heavy atom. The maximum atomic E-state index is 6.38. The molecule has 2 atom stereocenters. The van der Waals surface area contributed by atoms with Crippen molar-refractivity contribution >= 4 is 5.69 Å². The smallest absolute Gasteiger partial charge is 0.123 e. The molecule has 0 bridgehead atoms. The van der Waals surface area contributed by atoms with Gasteiger partial charge in [0, 0.05) is 5.69 Å². The molecule has 0 saturated carbocycles. The summed E-state index contributed by atoms with van der Waals surface area (Å²) < 4.78 is 6.38. The van der Waals surface area contributed by atoms with Gasteiger partial charge in [-0.3, -0.25) is 0 Å². The number of benzene rings is 2. The van der Waals surface area contributed by atoms with Crippen molar-refractivity contribution in [1.29, 1.82) is 0 Å². The molecule has 0 amide bonds. The van der Waals surface area contributed by atoms with Gasteiger partial charge in [-0.25, -0.2) is 0 Å². The first kappa shape index (κ1) is 19.4. The number of aryl methyl sites for hydroxylation is 3. The minimum atomic E-state index is 0.158. The van der Waals surface area contributed by atoms with E-state index < -0.39 is 0 Å². The van der Waals surface area contributed by atoms with Gasteiger partial charge in [0.1, 0.15) is 11.9 Å². The third-order valence-electron chi connectivity index (χ3n) is 4.99. The molecule has 2 aromatic carbocycles. The van der Waals surface area contributed by atoms with Crippen LogP contribution in [0.5, 0.6) is 5.75 Å². The van der Waals surface area contributed by atoms with Crippen LogP contribution in [0.3, 0.4) is 0 Å². The van der Waals surface area contributed by atoms with Gasteiger partial charge < -0.3 is 10.1 Å².